The molecular formula is C17H29ClN2. The van der Waals surface area contributed by atoms with E-state index in [2.05, 4.69) is 43.1 Å². The van der Waals surface area contributed by atoms with Gasteiger partial charge in [0.2, 0.25) is 0 Å². The first-order chi connectivity index (χ1) is 9.69. The van der Waals surface area contributed by atoms with Crippen LogP contribution in [0, 0.1) is 0 Å². The summed E-state index contributed by atoms with van der Waals surface area (Å²) in [4.78, 5) is 2.49. The maximum atomic E-state index is 5.95. The second-order valence-electron chi connectivity index (χ2n) is 5.30. The monoisotopic (exact) mass is 296 g/mol. The van der Waals surface area contributed by atoms with E-state index in [4.69, 9.17) is 11.6 Å². The highest BCUT2D eigenvalue weighted by Crippen LogP contribution is 2.12. The average Bonchev–Trinajstić information content (AvgIpc) is 2.47. The molecule has 0 radical (unpaired) electrons. The van der Waals surface area contributed by atoms with E-state index in [1.54, 1.807) is 0 Å². The normalized spacial score (nSPS) is 12.8. The molecular weight excluding hydrogens is 268 g/mol. The fourth-order valence-electron chi connectivity index (χ4n) is 2.41. The van der Waals surface area contributed by atoms with E-state index in [-0.39, 0.29) is 0 Å². The smallest absolute Gasteiger partial charge is 0.0406 e. The second kappa shape index (κ2) is 10.2. The van der Waals surface area contributed by atoms with Crippen molar-refractivity contribution in [3.8, 4) is 0 Å². The van der Waals surface area contributed by atoms with Crippen LogP contribution in [0.15, 0.2) is 24.3 Å². The average molecular weight is 297 g/mol. The lowest BCUT2D eigenvalue weighted by atomic mass is 10.0. The number of benzene rings is 1. The lowest BCUT2D eigenvalue weighted by Crippen LogP contribution is -2.36. The van der Waals surface area contributed by atoms with Crippen molar-refractivity contribution >= 4 is 11.6 Å². The van der Waals surface area contributed by atoms with E-state index in [0.717, 1.165) is 31.1 Å². The molecule has 0 aliphatic rings. The molecule has 0 aromatic heterocycles. The Bertz CT molecular complexity index is 347. The molecule has 0 saturated heterocycles. The van der Waals surface area contributed by atoms with Crippen LogP contribution in [0.5, 0.6) is 0 Å². The number of halogens is 1. The molecule has 20 heavy (non-hydrogen) atoms. The van der Waals surface area contributed by atoms with Gasteiger partial charge >= 0.3 is 0 Å². The number of hydrogen-bond acceptors (Lipinski definition) is 2. The van der Waals surface area contributed by atoms with Gasteiger partial charge in [0.1, 0.15) is 0 Å². The molecule has 2 nitrogen and oxygen atoms in total. The first-order valence-corrected chi connectivity index (χ1v) is 8.27. The molecule has 0 fully saturated rings. The van der Waals surface area contributed by atoms with E-state index in [9.17, 15) is 0 Å². The van der Waals surface area contributed by atoms with E-state index in [1.165, 1.54) is 24.9 Å². The summed E-state index contributed by atoms with van der Waals surface area (Å²) in [5.41, 5.74) is 1.36. The minimum absolute atomic E-state index is 0.553. The predicted octanol–water partition coefficient (Wildman–Crippen LogP) is 3.98. The van der Waals surface area contributed by atoms with Crippen molar-refractivity contribution < 1.29 is 0 Å². The maximum Gasteiger partial charge on any atom is 0.0406 e. The summed E-state index contributed by atoms with van der Waals surface area (Å²) >= 11 is 5.95. The second-order valence-corrected chi connectivity index (χ2v) is 5.73. The first kappa shape index (κ1) is 17.5. The van der Waals surface area contributed by atoms with Crippen LogP contribution >= 0.6 is 11.6 Å². The number of nitrogens with zero attached hydrogens (tertiary/aromatic N) is 1. The minimum Gasteiger partial charge on any atom is -0.314 e. The van der Waals surface area contributed by atoms with Crippen molar-refractivity contribution in [1.29, 1.82) is 0 Å². The van der Waals surface area contributed by atoms with E-state index < -0.39 is 0 Å². The zero-order valence-electron chi connectivity index (χ0n) is 13.2. The van der Waals surface area contributed by atoms with Crippen LogP contribution in [0.1, 0.15) is 39.2 Å². The number of rotatable bonds is 10. The van der Waals surface area contributed by atoms with Gasteiger partial charge in [-0.3, -0.25) is 0 Å². The van der Waals surface area contributed by atoms with E-state index in [1.807, 2.05) is 12.1 Å². The van der Waals surface area contributed by atoms with Gasteiger partial charge in [0, 0.05) is 11.1 Å². The topological polar surface area (TPSA) is 15.3 Å². The van der Waals surface area contributed by atoms with Crippen LogP contribution < -0.4 is 5.32 Å². The molecule has 0 aliphatic heterocycles. The van der Waals surface area contributed by atoms with Crippen molar-refractivity contribution in [1.82, 2.24) is 10.2 Å². The van der Waals surface area contributed by atoms with Crippen LogP contribution in [-0.4, -0.2) is 37.1 Å². The SMILES string of the molecule is CCCNC(CCN(CC)CC)Cc1ccc(Cl)cc1. The molecule has 1 unspecified atom stereocenters. The first-order valence-electron chi connectivity index (χ1n) is 7.89. The summed E-state index contributed by atoms with van der Waals surface area (Å²) < 4.78 is 0. The molecule has 0 amide bonds. The molecule has 1 rings (SSSR count). The molecule has 114 valence electrons. The Morgan fingerprint density at radius 3 is 2.30 bits per heavy atom. The third-order valence-electron chi connectivity index (χ3n) is 3.77. The molecule has 0 saturated carbocycles. The molecule has 1 N–H and O–H groups in total. The summed E-state index contributed by atoms with van der Waals surface area (Å²) in [6.07, 6.45) is 3.46. The molecule has 1 atom stereocenters. The van der Waals surface area contributed by atoms with Crippen molar-refractivity contribution in [2.45, 2.75) is 46.1 Å². The highest BCUT2D eigenvalue weighted by Gasteiger charge is 2.10. The lowest BCUT2D eigenvalue weighted by molar-refractivity contribution is 0.280. The Hall–Kier alpha value is -0.570. The predicted molar refractivity (Wildman–Crippen MR) is 89.6 cm³/mol. The van der Waals surface area contributed by atoms with Gasteiger partial charge in [0.15, 0.2) is 0 Å². The van der Waals surface area contributed by atoms with Gasteiger partial charge in [-0.1, -0.05) is 44.5 Å². The van der Waals surface area contributed by atoms with E-state index >= 15 is 0 Å². The van der Waals surface area contributed by atoms with E-state index in [0.29, 0.717) is 6.04 Å². The third-order valence-corrected chi connectivity index (χ3v) is 4.02. The van der Waals surface area contributed by atoms with Gasteiger partial charge < -0.3 is 10.2 Å². The molecule has 3 heteroatoms. The Morgan fingerprint density at radius 1 is 1.10 bits per heavy atom. The Labute approximate surface area is 129 Å². The van der Waals surface area contributed by atoms with Gasteiger partial charge in [-0.25, -0.2) is 0 Å². The van der Waals surface area contributed by atoms with Crippen molar-refractivity contribution in [2.24, 2.45) is 0 Å². The summed E-state index contributed by atoms with van der Waals surface area (Å²) in [6, 6.07) is 8.80. The Kier molecular flexibility index (Phi) is 8.92. The standard InChI is InChI=1S/C17H29ClN2/c1-4-12-19-17(11-13-20(5-2)6-3)14-15-7-9-16(18)10-8-15/h7-10,17,19H,4-6,11-14H2,1-3H3. The summed E-state index contributed by atoms with van der Waals surface area (Å²) in [6.45, 7) is 11.2. The summed E-state index contributed by atoms with van der Waals surface area (Å²) in [5.74, 6) is 0. The molecule has 0 heterocycles. The largest absolute Gasteiger partial charge is 0.314 e. The summed E-state index contributed by atoms with van der Waals surface area (Å²) in [7, 11) is 0. The lowest BCUT2D eigenvalue weighted by Gasteiger charge is -2.23. The fourth-order valence-corrected chi connectivity index (χ4v) is 2.53. The zero-order valence-corrected chi connectivity index (χ0v) is 13.9. The molecule has 0 aliphatic carbocycles. The number of hydrogen-bond donors (Lipinski definition) is 1. The molecule has 0 bridgehead atoms. The highest BCUT2D eigenvalue weighted by molar-refractivity contribution is 6.30. The van der Waals surface area contributed by atoms with Crippen molar-refractivity contribution in [3.05, 3.63) is 34.9 Å². The Morgan fingerprint density at radius 2 is 1.75 bits per heavy atom. The van der Waals surface area contributed by atoms with Gasteiger partial charge in [0.05, 0.1) is 0 Å². The van der Waals surface area contributed by atoms with Crippen LogP contribution in [0.4, 0.5) is 0 Å². The number of nitrogens with one attached hydrogen (secondary N) is 1. The van der Waals surface area contributed by atoms with Gasteiger partial charge in [-0.05, 0) is 63.1 Å². The van der Waals surface area contributed by atoms with Crippen LogP contribution in [0.25, 0.3) is 0 Å². The van der Waals surface area contributed by atoms with Crippen molar-refractivity contribution in [3.63, 3.8) is 0 Å². The van der Waals surface area contributed by atoms with Crippen LogP contribution in [0.2, 0.25) is 5.02 Å². The molecule has 0 spiro atoms. The van der Waals surface area contributed by atoms with Crippen LogP contribution in [-0.2, 0) is 6.42 Å². The molecule has 1 aromatic rings. The fraction of sp³-hybridized carbons (Fsp3) is 0.647. The molecule has 1 aromatic carbocycles. The Balaban J connectivity index is 2.52. The highest BCUT2D eigenvalue weighted by atomic mass is 35.5. The summed E-state index contributed by atoms with van der Waals surface area (Å²) in [5, 5.41) is 4.49. The quantitative estimate of drug-likeness (QED) is 0.702. The van der Waals surface area contributed by atoms with Gasteiger partial charge in [-0.15, -0.1) is 0 Å². The van der Waals surface area contributed by atoms with Crippen LogP contribution in [0.3, 0.4) is 0 Å². The zero-order chi connectivity index (χ0) is 14.8. The van der Waals surface area contributed by atoms with Crippen molar-refractivity contribution in [2.75, 3.05) is 26.2 Å². The van der Waals surface area contributed by atoms with Gasteiger partial charge in [0.25, 0.3) is 0 Å². The third kappa shape index (κ3) is 6.74. The maximum absolute atomic E-state index is 5.95. The minimum atomic E-state index is 0.553. The van der Waals surface area contributed by atoms with Gasteiger partial charge in [-0.2, -0.15) is 0 Å².